The summed E-state index contributed by atoms with van der Waals surface area (Å²) in [6, 6.07) is 3.26. The van der Waals surface area contributed by atoms with E-state index in [1.807, 2.05) is 13.8 Å². The van der Waals surface area contributed by atoms with Crippen LogP contribution >= 0.6 is 0 Å². The van der Waals surface area contributed by atoms with Crippen molar-refractivity contribution in [3.8, 4) is 0 Å². The van der Waals surface area contributed by atoms with Gasteiger partial charge in [0.1, 0.15) is 11.5 Å². The normalized spacial score (nSPS) is 18.7. The largest absolute Gasteiger partial charge is 0.374 e. The molecule has 1 aromatic rings. The van der Waals surface area contributed by atoms with E-state index in [-0.39, 0.29) is 35.8 Å². The van der Waals surface area contributed by atoms with Gasteiger partial charge in [-0.05, 0) is 26.0 Å². The van der Waals surface area contributed by atoms with Crippen LogP contribution in [0, 0.1) is 15.9 Å². The summed E-state index contributed by atoms with van der Waals surface area (Å²) in [5, 5.41) is 13.9. The number of nitrogens with zero attached hydrogens (tertiary/aromatic N) is 2. The standard InChI is InChI=1S/C13H16FN3O3/c1-8(2)16-7-10(6-13(16)18)15-11-4-3-9(14)5-12(11)17(19)20/h3-5,8,10,15H,6-7H2,1-2H3. The minimum absolute atomic E-state index is 0.0160. The van der Waals surface area contributed by atoms with Crippen LogP contribution in [0.1, 0.15) is 20.3 Å². The van der Waals surface area contributed by atoms with Crippen molar-refractivity contribution in [3.63, 3.8) is 0 Å². The number of nitro groups is 1. The van der Waals surface area contributed by atoms with Crippen LogP contribution in [-0.4, -0.2) is 34.4 Å². The molecule has 0 aliphatic carbocycles. The Morgan fingerprint density at radius 3 is 2.75 bits per heavy atom. The average Bonchev–Trinajstić information content (AvgIpc) is 2.72. The van der Waals surface area contributed by atoms with Gasteiger partial charge in [-0.1, -0.05) is 0 Å². The third kappa shape index (κ3) is 2.87. The van der Waals surface area contributed by atoms with Gasteiger partial charge in [-0.25, -0.2) is 4.39 Å². The van der Waals surface area contributed by atoms with E-state index in [1.54, 1.807) is 4.90 Å². The molecule has 1 aliphatic heterocycles. The molecule has 0 spiro atoms. The second-order valence-corrected chi connectivity index (χ2v) is 5.10. The smallest absolute Gasteiger partial charge is 0.295 e. The fraction of sp³-hybridized carbons (Fsp3) is 0.462. The van der Waals surface area contributed by atoms with Gasteiger partial charge in [0.25, 0.3) is 5.69 Å². The summed E-state index contributed by atoms with van der Waals surface area (Å²) in [7, 11) is 0. The van der Waals surface area contributed by atoms with Crippen LogP contribution in [-0.2, 0) is 4.79 Å². The minimum Gasteiger partial charge on any atom is -0.374 e. The summed E-state index contributed by atoms with van der Waals surface area (Å²) in [6.07, 6.45) is 0.284. The van der Waals surface area contributed by atoms with Crippen molar-refractivity contribution in [1.82, 2.24) is 4.90 Å². The van der Waals surface area contributed by atoms with E-state index in [4.69, 9.17) is 0 Å². The molecule has 1 aliphatic rings. The Kier molecular flexibility index (Phi) is 3.87. The van der Waals surface area contributed by atoms with E-state index >= 15 is 0 Å². The summed E-state index contributed by atoms with van der Waals surface area (Å²) in [5.74, 6) is -0.643. The van der Waals surface area contributed by atoms with Crippen LogP contribution < -0.4 is 5.32 Å². The summed E-state index contributed by atoms with van der Waals surface area (Å²) in [5.41, 5.74) is -0.0831. The fourth-order valence-electron chi connectivity index (χ4n) is 2.33. The summed E-state index contributed by atoms with van der Waals surface area (Å²) in [6.45, 7) is 4.33. The lowest BCUT2D eigenvalue weighted by atomic mass is 10.2. The highest BCUT2D eigenvalue weighted by Crippen LogP contribution is 2.27. The molecular formula is C13H16FN3O3. The molecule has 1 atom stereocenters. The summed E-state index contributed by atoms with van der Waals surface area (Å²) < 4.78 is 13.1. The van der Waals surface area contributed by atoms with Gasteiger partial charge < -0.3 is 10.2 Å². The van der Waals surface area contributed by atoms with Crippen LogP contribution in [0.2, 0.25) is 0 Å². The van der Waals surface area contributed by atoms with Gasteiger partial charge in [0, 0.05) is 19.0 Å². The number of hydrogen-bond donors (Lipinski definition) is 1. The van der Waals surface area contributed by atoms with Crippen LogP contribution in [0.15, 0.2) is 18.2 Å². The predicted molar refractivity (Wildman–Crippen MR) is 71.9 cm³/mol. The number of likely N-dealkylation sites (tertiary alicyclic amines) is 1. The molecule has 0 radical (unpaired) electrons. The second-order valence-electron chi connectivity index (χ2n) is 5.10. The molecular weight excluding hydrogens is 265 g/mol. The molecule has 108 valence electrons. The molecule has 1 heterocycles. The number of amides is 1. The molecule has 1 saturated heterocycles. The van der Waals surface area contributed by atoms with Crippen molar-refractivity contribution in [3.05, 3.63) is 34.1 Å². The minimum atomic E-state index is -0.659. The first-order valence-corrected chi connectivity index (χ1v) is 6.38. The number of hydrogen-bond acceptors (Lipinski definition) is 4. The van der Waals surface area contributed by atoms with Gasteiger partial charge in [0.15, 0.2) is 0 Å². The maximum atomic E-state index is 13.1. The monoisotopic (exact) mass is 281 g/mol. The van der Waals surface area contributed by atoms with E-state index in [0.29, 0.717) is 6.54 Å². The third-order valence-electron chi connectivity index (χ3n) is 3.30. The molecule has 6 nitrogen and oxygen atoms in total. The second kappa shape index (κ2) is 5.44. The number of carbonyl (C=O) groups is 1. The van der Waals surface area contributed by atoms with Crippen LogP contribution in [0.4, 0.5) is 15.8 Å². The van der Waals surface area contributed by atoms with Gasteiger partial charge in [0.2, 0.25) is 5.91 Å². The lowest BCUT2D eigenvalue weighted by molar-refractivity contribution is -0.384. The van der Waals surface area contributed by atoms with E-state index in [1.165, 1.54) is 6.07 Å². The zero-order valence-electron chi connectivity index (χ0n) is 11.3. The quantitative estimate of drug-likeness (QED) is 0.677. The van der Waals surface area contributed by atoms with Crippen LogP contribution in [0.25, 0.3) is 0 Å². The van der Waals surface area contributed by atoms with E-state index < -0.39 is 10.7 Å². The number of rotatable bonds is 4. The maximum Gasteiger partial charge on any atom is 0.295 e. The highest BCUT2D eigenvalue weighted by Gasteiger charge is 2.32. The maximum absolute atomic E-state index is 13.1. The topological polar surface area (TPSA) is 75.5 Å². The van der Waals surface area contributed by atoms with Crippen molar-refractivity contribution < 1.29 is 14.1 Å². The van der Waals surface area contributed by atoms with Gasteiger partial charge in [0.05, 0.1) is 17.0 Å². The lowest BCUT2D eigenvalue weighted by Crippen LogP contribution is -2.33. The van der Waals surface area contributed by atoms with E-state index in [0.717, 1.165) is 12.1 Å². The Hall–Kier alpha value is -2.18. The molecule has 20 heavy (non-hydrogen) atoms. The molecule has 0 aromatic heterocycles. The van der Waals surface area contributed by atoms with Crippen LogP contribution in [0.5, 0.6) is 0 Å². The molecule has 1 fully saturated rings. The zero-order valence-corrected chi connectivity index (χ0v) is 11.3. The van der Waals surface area contributed by atoms with Gasteiger partial charge in [-0.2, -0.15) is 0 Å². The Balaban J connectivity index is 2.16. The lowest BCUT2D eigenvalue weighted by Gasteiger charge is -2.21. The Morgan fingerprint density at radius 1 is 1.50 bits per heavy atom. The molecule has 1 amide bonds. The molecule has 1 aromatic carbocycles. The molecule has 0 bridgehead atoms. The van der Waals surface area contributed by atoms with E-state index in [2.05, 4.69) is 5.32 Å². The average molecular weight is 281 g/mol. The first kappa shape index (κ1) is 14.2. The fourth-order valence-corrected chi connectivity index (χ4v) is 2.33. The Bertz CT molecular complexity index is 548. The molecule has 2 rings (SSSR count). The SMILES string of the molecule is CC(C)N1CC(Nc2ccc(F)cc2[N+](=O)[O-])CC1=O. The van der Waals surface area contributed by atoms with Crippen molar-refractivity contribution in [2.45, 2.75) is 32.4 Å². The summed E-state index contributed by atoms with van der Waals surface area (Å²) >= 11 is 0. The van der Waals surface area contributed by atoms with E-state index in [9.17, 15) is 19.3 Å². The summed E-state index contributed by atoms with van der Waals surface area (Å²) in [4.78, 5) is 23.8. The predicted octanol–water partition coefficient (Wildman–Crippen LogP) is 2.16. The highest BCUT2D eigenvalue weighted by molar-refractivity contribution is 5.80. The molecule has 1 unspecified atom stereocenters. The number of benzene rings is 1. The van der Waals surface area contributed by atoms with Crippen molar-refractivity contribution in [2.75, 3.05) is 11.9 Å². The number of halogens is 1. The van der Waals surface area contributed by atoms with Gasteiger partial charge in [-0.15, -0.1) is 0 Å². The van der Waals surface area contributed by atoms with Crippen molar-refractivity contribution in [2.24, 2.45) is 0 Å². The number of nitro benzene ring substituents is 1. The Labute approximate surface area is 115 Å². The first-order chi connectivity index (χ1) is 9.38. The zero-order chi connectivity index (χ0) is 14.9. The van der Waals surface area contributed by atoms with Gasteiger partial charge in [-0.3, -0.25) is 14.9 Å². The number of anilines is 1. The first-order valence-electron chi connectivity index (χ1n) is 6.38. The molecule has 0 saturated carbocycles. The van der Waals surface area contributed by atoms with Crippen LogP contribution in [0.3, 0.4) is 0 Å². The van der Waals surface area contributed by atoms with Crippen molar-refractivity contribution in [1.29, 1.82) is 0 Å². The van der Waals surface area contributed by atoms with Crippen molar-refractivity contribution >= 4 is 17.3 Å². The highest BCUT2D eigenvalue weighted by atomic mass is 19.1. The number of carbonyl (C=O) groups excluding carboxylic acids is 1. The molecule has 7 heteroatoms. The van der Waals surface area contributed by atoms with Gasteiger partial charge >= 0.3 is 0 Å². The Morgan fingerprint density at radius 2 is 2.20 bits per heavy atom. The third-order valence-corrected chi connectivity index (χ3v) is 3.30. The molecule has 1 N–H and O–H groups in total. The number of nitrogens with one attached hydrogen (secondary N) is 1.